The number of nitrogens with zero attached hydrogens (tertiary/aromatic N) is 1. The molecule has 0 saturated heterocycles. The lowest BCUT2D eigenvalue weighted by molar-refractivity contribution is 0.00508. The summed E-state index contributed by atoms with van der Waals surface area (Å²) in [6.07, 6.45) is 2.62. The topological polar surface area (TPSA) is 43.4 Å². The van der Waals surface area contributed by atoms with Crippen molar-refractivity contribution in [2.24, 2.45) is 0 Å². The van der Waals surface area contributed by atoms with Gasteiger partial charge in [0.05, 0.1) is 12.2 Å². The highest BCUT2D eigenvalue weighted by atomic mass is 16.5. The maximum Gasteiger partial charge on any atom is 0.213 e. The second-order valence-corrected chi connectivity index (χ2v) is 5.60. The van der Waals surface area contributed by atoms with Gasteiger partial charge in [-0.05, 0) is 25.5 Å². The third-order valence-corrected chi connectivity index (χ3v) is 3.02. The highest BCUT2D eigenvalue weighted by Gasteiger charge is 2.16. The Labute approximate surface area is 116 Å². The zero-order valence-corrected chi connectivity index (χ0v) is 12.7. The van der Waals surface area contributed by atoms with Crippen LogP contribution < -0.4 is 10.1 Å². The quantitative estimate of drug-likeness (QED) is 0.785. The van der Waals surface area contributed by atoms with Gasteiger partial charge < -0.3 is 14.8 Å². The molecule has 0 aliphatic carbocycles. The fourth-order valence-corrected chi connectivity index (χ4v) is 1.46. The van der Waals surface area contributed by atoms with E-state index in [0.717, 1.165) is 13.0 Å². The zero-order valence-electron chi connectivity index (χ0n) is 12.7. The molecule has 19 heavy (non-hydrogen) atoms. The van der Waals surface area contributed by atoms with Crippen molar-refractivity contribution in [3.63, 3.8) is 0 Å². The first-order chi connectivity index (χ1) is 8.93. The highest BCUT2D eigenvalue weighted by Crippen LogP contribution is 2.15. The Balaban J connectivity index is 2.44. The molecule has 1 N–H and O–H groups in total. The number of ether oxygens (including phenoxy) is 2. The normalized spacial score (nSPS) is 11.9. The molecule has 1 aromatic rings. The molecule has 0 aliphatic heterocycles. The van der Waals surface area contributed by atoms with Crippen LogP contribution in [0.25, 0.3) is 0 Å². The van der Waals surface area contributed by atoms with E-state index in [1.54, 1.807) is 13.3 Å². The van der Waals surface area contributed by atoms with Crippen LogP contribution in [0.5, 0.6) is 5.88 Å². The average molecular weight is 266 g/mol. The van der Waals surface area contributed by atoms with Gasteiger partial charge in [0.15, 0.2) is 0 Å². The summed E-state index contributed by atoms with van der Waals surface area (Å²) in [6.45, 7) is 9.80. The first-order valence-corrected chi connectivity index (χ1v) is 6.79. The molecule has 0 atom stereocenters. The molecule has 4 heteroatoms. The van der Waals surface area contributed by atoms with Crippen LogP contribution in [0.4, 0.5) is 0 Å². The second-order valence-electron chi connectivity index (χ2n) is 5.60. The molecule has 0 aromatic carbocycles. The zero-order chi connectivity index (χ0) is 14.3. The molecular weight excluding hydrogens is 240 g/mol. The van der Waals surface area contributed by atoms with E-state index < -0.39 is 0 Å². The van der Waals surface area contributed by atoms with Crippen molar-refractivity contribution in [2.75, 3.05) is 13.7 Å². The van der Waals surface area contributed by atoms with Crippen LogP contribution in [0.1, 0.15) is 39.7 Å². The minimum Gasteiger partial charge on any atom is -0.478 e. The van der Waals surface area contributed by atoms with E-state index in [1.807, 2.05) is 26.0 Å². The highest BCUT2D eigenvalue weighted by molar-refractivity contribution is 5.20. The predicted octanol–water partition coefficient (Wildman–Crippen LogP) is 2.77. The molecule has 4 nitrogen and oxygen atoms in total. The molecular formula is C15H26N2O2. The number of hydrogen-bond acceptors (Lipinski definition) is 4. The fourth-order valence-electron chi connectivity index (χ4n) is 1.46. The average Bonchev–Trinajstić information content (AvgIpc) is 2.37. The van der Waals surface area contributed by atoms with E-state index in [9.17, 15) is 0 Å². The van der Waals surface area contributed by atoms with Gasteiger partial charge in [-0.1, -0.05) is 13.8 Å². The van der Waals surface area contributed by atoms with E-state index in [-0.39, 0.29) is 5.60 Å². The van der Waals surface area contributed by atoms with Gasteiger partial charge in [-0.2, -0.15) is 0 Å². The SMILES string of the molecule is COC(C)(C)CCOc1cc(CNC(C)C)ccn1. The number of pyridine rings is 1. The summed E-state index contributed by atoms with van der Waals surface area (Å²) < 4.78 is 11.0. The summed E-state index contributed by atoms with van der Waals surface area (Å²) in [5, 5.41) is 3.38. The van der Waals surface area contributed by atoms with E-state index in [1.165, 1.54) is 5.56 Å². The fraction of sp³-hybridized carbons (Fsp3) is 0.667. The lowest BCUT2D eigenvalue weighted by Crippen LogP contribution is -2.25. The Morgan fingerprint density at radius 3 is 2.74 bits per heavy atom. The molecule has 0 unspecified atom stereocenters. The number of nitrogens with one attached hydrogen (secondary N) is 1. The maximum absolute atomic E-state index is 5.67. The molecule has 1 aromatic heterocycles. The van der Waals surface area contributed by atoms with Gasteiger partial charge in [0.25, 0.3) is 0 Å². The van der Waals surface area contributed by atoms with Gasteiger partial charge in [-0.15, -0.1) is 0 Å². The standard InChI is InChI=1S/C15H26N2O2/c1-12(2)17-11-13-6-8-16-14(10-13)19-9-7-15(3,4)18-5/h6,8,10,12,17H,7,9,11H2,1-5H3. The van der Waals surface area contributed by atoms with Crippen molar-refractivity contribution in [3.05, 3.63) is 23.9 Å². The Kier molecular flexibility index (Phi) is 6.25. The van der Waals surface area contributed by atoms with Gasteiger partial charge in [0.1, 0.15) is 0 Å². The largest absolute Gasteiger partial charge is 0.478 e. The molecule has 0 spiro atoms. The number of aromatic nitrogens is 1. The van der Waals surface area contributed by atoms with Crippen LogP contribution in [0.3, 0.4) is 0 Å². The molecule has 0 radical (unpaired) electrons. The Morgan fingerprint density at radius 1 is 1.37 bits per heavy atom. The third-order valence-electron chi connectivity index (χ3n) is 3.02. The van der Waals surface area contributed by atoms with Gasteiger partial charge >= 0.3 is 0 Å². The summed E-state index contributed by atoms with van der Waals surface area (Å²) in [5.74, 6) is 0.676. The number of hydrogen-bond donors (Lipinski definition) is 1. The molecule has 0 amide bonds. The smallest absolute Gasteiger partial charge is 0.213 e. The maximum atomic E-state index is 5.67. The summed E-state index contributed by atoms with van der Waals surface area (Å²) in [6, 6.07) is 4.45. The Hall–Kier alpha value is -1.13. The van der Waals surface area contributed by atoms with Crippen molar-refractivity contribution >= 4 is 0 Å². The summed E-state index contributed by atoms with van der Waals surface area (Å²) >= 11 is 0. The molecule has 0 fully saturated rings. The summed E-state index contributed by atoms with van der Waals surface area (Å²) in [4.78, 5) is 4.22. The van der Waals surface area contributed by atoms with E-state index in [4.69, 9.17) is 9.47 Å². The first kappa shape index (κ1) is 15.9. The van der Waals surface area contributed by atoms with Gasteiger partial charge in [0, 0.05) is 38.4 Å². The molecule has 1 heterocycles. The first-order valence-electron chi connectivity index (χ1n) is 6.79. The monoisotopic (exact) mass is 266 g/mol. The Bertz CT molecular complexity index is 378. The van der Waals surface area contributed by atoms with Crippen molar-refractivity contribution in [1.82, 2.24) is 10.3 Å². The van der Waals surface area contributed by atoms with Gasteiger partial charge in [-0.3, -0.25) is 0 Å². The van der Waals surface area contributed by atoms with Gasteiger partial charge in [-0.25, -0.2) is 4.98 Å². The Morgan fingerprint density at radius 2 is 2.11 bits per heavy atom. The van der Waals surface area contributed by atoms with E-state index in [0.29, 0.717) is 18.5 Å². The minimum atomic E-state index is -0.156. The minimum absolute atomic E-state index is 0.156. The summed E-state index contributed by atoms with van der Waals surface area (Å²) in [7, 11) is 1.72. The molecule has 0 bridgehead atoms. The van der Waals surface area contributed by atoms with Crippen molar-refractivity contribution in [2.45, 2.75) is 52.3 Å². The van der Waals surface area contributed by atoms with Crippen molar-refractivity contribution < 1.29 is 9.47 Å². The molecule has 1 rings (SSSR count). The molecule has 0 aliphatic rings. The molecule has 0 saturated carbocycles. The molecule has 108 valence electrons. The van der Waals surface area contributed by atoms with E-state index >= 15 is 0 Å². The third kappa shape index (κ3) is 6.55. The lowest BCUT2D eigenvalue weighted by Gasteiger charge is -2.22. The van der Waals surface area contributed by atoms with Crippen molar-refractivity contribution in [3.8, 4) is 5.88 Å². The van der Waals surface area contributed by atoms with Crippen LogP contribution in [0.15, 0.2) is 18.3 Å². The lowest BCUT2D eigenvalue weighted by atomic mass is 10.1. The van der Waals surface area contributed by atoms with Crippen LogP contribution in [0.2, 0.25) is 0 Å². The van der Waals surface area contributed by atoms with Gasteiger partial charge in [0.2, 0.25) is 5.88 Å². The van der Waals surface area contributed by atoms with Crippen molar-refractivity contribution in [1.29, 1.82) is 0 Å². The van der Waals surface area contributed by atoms with E-state index in [2.05, 4.69) is 24.1 Å². The summed E-state index contributed by atoms with van der Waals surface area (Å²) in [5.41, 5.74) is 1.03. The number of methoxy groups -OCH3 is 1. The predicted molar refractivity (Wildman–Crippen MR) is 77.4 cm³/mol. The van der Waals surface area contributed by atoms with Crippen LogP contribution in [-0.4, -0.2) is 30.3 Å². The second kappa shape index (κ2) is 7.46. The van der Waals surface area contributed by atoms with Crippen LogP contribution in [0, 0.1) is 0 Å². The number of rotatable bonds is 8. The van der Waals surface area contributed by atoms with Crippen LogP contribution >= 0.6 is 0 Å². The van der Waals surface area contributed by atoms with Crippen LogP contribution in [-0.2, 0) is 11.3 Å².